The van der Waals surface area contributed by atoms with E-state index in [-0.39, 0.29) is 0 Å². The second-order valence-corrected chi connectivity index (χ2v) is 7.75. The Hall–Kier alpha value is -1.76. The smallest absolute Gasteiger partial charge is 0.0314 e. The van der Waals surface area contributed by atoms with Gasteiger partial charge in [0.05, 0.1) is 0 Å². The molecule has 0 radical (unpaired) electrons. The molecule has 1 fully saturated rings. The number of anilines is 1. The van der Waals surface area contributed by atoms with Crippen LogP contribution in [0.1, 0.15) is 55.2 Å². The third-order valence-corrected chi connectivity index (χ3v) is 6.27. The monoisotopic (exact) mass is 305 g/mol. The Kier molecular flexibility index (Phi) is 3.67. The van der Waals surface area contributed by atoms with Gasteiger partial charge >= 0.3 is 0 Å². The highest BCUT2D eigenvalue weighted by Gasteiger charge is 2.34. The molecule has 2 aliphatic rings. The van der Waals surface area contributed by atoms with E-state index in [2.05, 4.69) is 38.1 Å². The van der Waals surface area contributed by atoms with E-state index >= 15 is 0 Å². The van der Waals surface area contributed by atoms with Crippen molar-refractivity contribution in [3.8, 4) is 11.1 Å². The van der Waals surface area contributed by atoms with Crippen molar-refractivity contribution in [2.75, 3.05) is 5.73 Å². The minimum absolute atomic E-state index is 0.814. The fourth-order valence-electron chi connectivity index (χ4n) is 4.99. The van der Waals surface area contributed by atoms with Gasteiger partial charge in [-0.2, -0.15) is 0 Å². The van der Waals surface area contributed by atoms with E-state index in [1.165, 1.54) is 48.8 Å². The lowest BCUT2D eigenvalue weighted by Gasteiger charge is -2.40. The molecular weight excluding hydrogens is 278 g/mol. The molecule has 0 aromatic heterocycles. The van der Waals surface area contributed by atoms with Crippen LogP contribution in [-0.4, -0.2) is 0 Å². The summed E-state index contributed by atoms with van der Waals surface area (Å²) in [6.45, 7) is 4.75. The Morgan fingerprint density at radius 1 is 0.957 bits per heavy atom. The van der Waals surface area contributed by atoms with E-state index < -0.39 is 0 Å². The topological polar surface area (TPSA) is 26.0 Å². The van der Waals surface area contributed by atoms with Crippen molar-refractivity contribution in [3.63, 3.8) is 0 Å². The zero-order valence-corrected chi connectivity index (χ0v) is 14.3. The van der Waals surface area contributed by atoms with E-state index in [1.54, 1.807) is 11.1 Å². The normalized spacial score (nSPS) is 26.4. The highest BCUT2D eigenvalue weighted by atomic mass is 14.5. The van der Waals surface area contributed by atoms with Gasteiger partial charge in [0, 0.05) is 5.69 Å². The van der Waals surface area contributed by atoms with E-state index in [0.29, 0.717) is 0 Å². The van der Waals surface area contributed by atoms with Gasteiger partial charge in [-0.1, -0.05) is 37.6 Å². The summed E-state index contributed by atoms with van der Waals surface area (Å²) in [6, 6.07) is 13.1. The van der Waals surface area contributed by atoms with Gasteiger partial charge in [0.2, 0.25) is 0 Å². The first kappa shape index (κ1) is 14.8. The molecule has 2 N–H and O–H groups in total. The zero-order valence-electron chi connectivity index (χ0n) is 14.3. The summed E-state index contributed by atoms with van der Waals surface area (Å²) in [4.78, 5) is 0. The van der Waals surface area contributed by atoms with E-state index in [0.717, 1.165) is 23.4 Å². The lowest BCUT2D eigenvalue weighted by Crippen LogP contribution is -2.27. The molecule has 120 valence electrons. The summed E-state index contributed by atoms with van der Waals surface area (Å²) in [5.74, 6) is 2.66. The second-order valence-electron chi connectivity index (χ2n) is 7.75. The highest BCUT2D eigenvalue weighted by Crippen LogP contribution is 2.48. The lowest BCUT2D eigenvalue weighted by molar-refractivity contribution is 0.221. The molecule has 0 aliphatic heterocycles. The summed E-state index contributed by atoms with van der Waals surface area (Å²) in [5, 5.41) is 0. The number of nitrogens with two attached hydrogens (primary N) is 1. The van der Waals surface area contributed by atoms with Crippen LogP contribution < -0.4 is 5.73 Å². The van der Waals surface area contributed by atoms with Crippen molar-refractivity contribution in [1.82, 2.24) is 0 Å². The molecule has 1 saturated carbocycles. The Morgan fingerprint density at radius 3 is 2.52 bits per heavy atom. The van der Waals surface area contributed by atoms with Crippen LogP contribution in [-0.2, 0) is 6.42 Å². The summed E-state index contributed by atoms with van der Waals surface area (Å²) in [6.07, 6.45) is 6.87. The summed E-state index contributed by atoms with van der Waals surface area (Å²) >= 11 is 0. The van der Waals surface area contributed by atoms with E-state index in [9.17, 15) is 0 Å². The average Bonchev–Trinajstić information content (AvgIpc) is 2.56. The summed E-state index contributed by atoms with van der Waals surface area (Å²) in [5.41, 5.74) is 14.1. The van der Waals surface area contributed by atoms with Crippen LogP contribution in [0.3, 0.4) is 0 Å². The quantitative estimate of drug-likeness (QED) is 0.671. The van der Waals surface area contributed by atoms with Gasteiger partial charge in [0.25, 0.3) is 0 Å². The Labute approximate surface area is 139 Å². The molecule has 3 unspecified atom stereocenters. The van der Waals surface area contributed by atoms with Crippen LogP contribution in [0.5, 0.6) is 0 Å². The SMILES string of the molecule is Cc1c(-c2ccc(N)cc2)ccc2c1CCC1CC(C)CCC21. The molecule has 3 atom stereocenters. The number of rotatable bonds is 1. The van der Waals surface area contributed by atoms with Crippen molar-refractivity contribution in [3.05, 3.63) is 53.1 Å². The molecule has 0 bridgehead atoms. The van der Waals surface area contributed by atoms with Gasteiger partial charge in [-0.05, 0) is 90.3 Å². The highest BCUT2D eigenvalue weighted by molar-refractivity contribution is 5.71. The Bertz CT molecular complexity index is 713. The van der Waals surface area contributed by atoms with Crippen LogP contribution >= 0.6 is 0 Å². The molecule has 23 heavy (non-hydrogen) atoms. The Morgan fingerprint density at radius 2 is 1.74 bits per heavy atom. The molecule has 2 aromatic rings. The van der Waals surface area contributed by atoms with Crippen molar-refractivity contribution in [2.24, 2.45) is 11.8 Å². The molecule has 2 aromatic carbocycles. The fourth-order valence-corrected chi connectivity index (χ4v) is 4.99. The van der Waals surface area contributed by atoms with Gasteiger partial charge in [0.1, 0.15) is 0 Å². The van der Waals surface area contributed by atoms with Gasteiger partial charge in [-0.25, -0.2) is 0 Å². The molecule has 1 nitrogen and oxygen atoms in total. The van der Waals surface area contributed by atoms with Crippen molar-refractivity contribution in [1.29, 1.82) is 0 Å². The largest absolute Gasteiger partial charge is 0.399 e. The summed E-state index contributed by atoms with van der Waals surface area (Å²) in [7, 11) is 0. The second kappa shape index (κ2) is 5.70. The van der Waals surface area contributed by atoms with Gasteiger partial charge < -0.3 is 5.73 Å². The number of hydrogen-bond donors (Lipinski definition) is 1. The van der Waals surface area contributed by atoms with Crippen molar-refractivity contribution >= 4 is 5.69 Å². The first-order chi connectivity index (χ1) is 11.1. The predicted octanol–water partition coefficient (Wildman–Crippen LogP) is 5.71. The first-order valence-electron chi connectivity index (χ1n) is 9.11. The van der Waals surface area contributed by atoms with Gasteiger partial charge in [-0.3, -0.25) is 0 Å². The molecular formula is C22H27N. The standard InChI is InChI=1S/C22H27N/c1-14-3-9-21-17(13-14)6-10-20-15(2)19(11-12-22(20)21)16-4-7-18(23)8-5-16/h4-5,7-8,11-12,14,17,21H,3,6,9-10,13,23H2,1-2H3. The zero-order chi connectivity index (χ0) is 16.0. The molecule has 0 heterocycles. The van der Waals surface area contributed by atoms with Crippen molar-refractivity contribution in [2.45, 2.75) is 51.9 Å². The van der Waals surface area contributed by atoms with Crippen LogP contribution in [0.4, 0.5) is 5.69 Å². The van der Waals surface area contributed by atoms with Crippen LogP contribution in [0.25, 0.3) is 11.1 Å². The van der Waals surface area contributed by atoms with Crippen molar-refractivity contribution < 1.29 is 0 Å². The maximum absolute atomic E-state index is 5.84. The molecule has 1 heteroatoms. The number of hydrogen-bond acceptors (Lipinski definition) is 1. The average molecular weight is 305 g/mol. The van der Waals surface area contributed by atoms with Crippen LogP contribution in [0.2, 0.25) is 0 Å². The lowest BCUT2D eigenvalue weighted by atomic mass is 9.65. The number of fused-ring (bicyclic) bond motifs is 3. The van der Waals surface area contributed by atoms with Gasteiger partial charge in [0.15, 0.2) is 0 Å². The maximum atomic E-state index is 5.84. The van der Waals surface area contributed by atoms with Crippen LogP contribution in [0, 0.1) is 18.8 Å². The fraction of sp³-hybridized carbons (Fsp3) is 0.455. The molecule has 0 saturated heterocycles. The third-order valence-electron chi connectivity index (χ3n) is 6.27. The Balaban J connectivity index is 1.74. The molecule has 2 aliphatic carbocycles. The van der Waals surface area contributed by atoms with Gasteiger partial charge in [-0.15, -0.1) is 0 Å². The van der Waals surface area contributed by atoms with E-state index in [1.807, 2.05) is 12.1 Å². The minimum atomic E-state index is 0.814. The summed E-state index contributed by atoms with van der Waals surface area (Å²) < 4.78 is 0. The third kappa shape index (κ3) is 2.56. The number of nitrogen functional groups attached to an aromatic ring is 1. The minimum Gasteiger partial charge on any atom is -0.399 e. The number of benzene rings is 2. The van der Waals surface area contributed by atoms with Crippen LogP contribution in [0.15, 0.2) is 36.4 Å². The maximum Gasteiger partial charge on any atom is 0.0314 e. The molecule has 0 amide bonds. The predicted molar refractivity (Wildman–Crippen MR) is 98.6 cm³/mol. The molecule has 4 rings (SSSR count). The first-order valence-corrected chi connectivity index (χ1v) is 9.11. The van der Waals surface area contributed by atoms with E-state index in [4.69, 9.17) is 5.73 Å². The molecule has 0 spiro atoms.